The molecule has 1 spiro atoms. The molecule has 3 rings (SSSR count). The number of rotatable bonds is 6. The van der Waals surface area contributed by atoms with Crippen molar-refractivity contribution in [1.82, 2.24) is 15.1 Å². The van der Waals surface area contributed by atoms with Crippen LogP contribution in [0, 0.1) is 12.3 Å². The van der Waals surface area contributed by atoms with Crippen LogP contribution in [0.1, 0.15) is 50.7 Å². The molecule has 2 fully saturated rings. The Bertz CT molecular complexity index is 615. The van der Waals surface area contributed by atoms with Crippen LogP contribution >= 0.6 is 0 Å². The van der Waals surface area contributed by atoms with Gasteiger partial charge in [0.1, 0.15) is 0 Å². The van der Waals surface area contributed by atoms with Crippen LogP contribution in [0.5, 0.6) is 0 Å². The number of hydrogen-bond acceptors (Lipinski definition) is 3. The van der Waals surface area contributed by atoms with Crippen molar-refractivity contribution < 1.29 is 4.79 Å². The standard InChI is InChI=1S/C22H35N3O/c1-18(2)23-21(26)8-12-24-13-10-22(16-24)9-5-11-25(17-22)15-20-7-4-6-19(3)14-20/h4,6-7,14,18H,5,8-13,15-17H2,1-3H3,(H,23,26)/t22-/m1/s1. The number of carbonyl (C=O) groups excluding carboxylic acids is 1. The Morgan fingerprint density at radius 3 is 2.77 bits per heavy atom. The summed E-state index contributed by atoms with van der Waals surface area (Å²) in [6, 6.07) is 9.15. The first-order valence-electron chi connectivity index (χ1n) is 10.2. The van der Waals surface area contributed by atoms with E-state index in [1.54, 1.807) is 0 Å². The molecule has 2 aliphatic heterocycles. The molecule has 26 heavy (non-hydrogen) atoms. The van der Waals surface area contributed by atoms with Gasteiger partial charge in [-0.1, -0.05) is 29.8 Å². The minimum absolute atomic E-state index is 0.186. The molecule has 1 atom stereocenters. The summed E-state index contributed by atoms with van der Waals surface area (Å²) >= 11 is 0. The maximum absolute atomic E-state index is 11.9. The third-order valence-electron chi connectivity index (χ3n) is 5.85. The number of hydrogen-bond donors (Lipinski definition) is 1. The lowest BCUT2D eigenvalue weighted by atomic mass is 9.79. The maximum atomic E-state index is 11.9. The van der Waals surface area contributed by atoms with Crippen LogP contribution in [0.4, 0.5) is 0 Å². The van der Waals surface area contributed by atoms with Gasteiger partial charge < -0.3 is 10.2 Å². The number of carbonyl (C=O) groups is 1. The Hall–Kier alpha value is -1.39. The van der Waals surface area contributed by atoms with E-state index < -0.39 is 0 Å². The van der Waals surface area contributed by atoms with Crippen LogP contribution in [0.15, 0.2) is 24.3 Å². The third-order valence-corrected chi connectivity index (χ3v) is 5.85. The van der Waals surface area contributed by atoms with Gasteiger partial charge in [0.15, 0.2) is 0 Å². The first-order valence-corrected chi connectivity index (χ1v) is 10.2. The van der Waals surface area contributed by atoms with Crippen molar-refractivity contribution in [3.8, 4) is 0 Å². The third kappa shape index (κ3) is 5.31. The summed E-state index contributed by atoms with van der Waals surface area (Å²) in [5.74, 6) is 0.186. The summed E-state index contributed by atoms with van der Waals surface area (Å²) in [5.41, 5.74) is 3.22. The second kappa shape index (κ2) is 8.53. The van der Waals surface area contributed by atoms with Gasteiger partial charge in [-0.3, -0.25) is 9.69 Å². The van der Waals surface area contributed by atoms with Gasteiger partial charge in [0, 0.05) is 38.6 Å². The van der Waals surface area contributed by atoms with Crippen molar-refractivity contribution in [3.05, 3.63) is 35.4 Å². The maximum Gasteiger partial charge on any atom is 0.221 e. The molecule has 4 heteroatoms. The SMILES string of the molecule is Cc1cccc(CN2CCC[C@]3(CCN(CCC(=O)NC(C)C)C3)C2)c1. The average Bonchev–Trinajstić information content (AvgIpc) is 2.95. The Morgan fingerprint density at radius 1 is 1.19 bits per heavy atom. The van der Waals surface area contributed by atoms with Gasteiger partial charge in [-0.2, -0.15) is 0 Å². The fourth-order valence-electron chi connectivity index (χ4n) is 4.72. The fourth-order valence-corrected chi connectivity index (χ4v) is 4.72. The van der Waals surface area contributed by atoms with Crippen LogP contribution in [-0.2, 0) is 11.3 Å². The molecule has 0 radical (unpaired) electrons. The summed E-state index contributed by atoms with van der Waals surface area (Å²) in [7, 11) is 0. The zero-order valence-corrected chi connectivity index (χ0v) is 16.8. The molecule has 1 amide bonds. The molecule has 4 nitrogen and oxygen atoms in total. The molecule has 0 bridgehead atoms. The van der Waals surface area contributed by atoms with Crippen LogP contribution < -0.4 is 5.32 Å². The van der Waals surface area contributed by atoms with Crippen LogP contribution in [-0.4, -0.2) is 54.5 Å². The summed E-state index contributed by atoms with van der Waals surface area (Å²) < 4.78 is 0. The highest BCUT2D eigenvalue weighted by Gasteiger charge is 2.41. The lowest BCUT2D eigenvalue weighted by molar-refractivity contribution is -0.121. The highest BCUT2D eigenvalue weighted by atomic mass is 16.1. The molecule has 1 N–H and O–H groups in total. The number of nitrogens with one attached hydrogen (secondary N) is 1. The average molecular weight is 358 g/mol. The van der Waals surface area contributed by atoms with E-state index >= 15 is 0 Å². The molecule has 1 aromatic carbocycles. The van der Waals surface area contributed by atoms with E-state index in [2.05, 4.69) is 46.3 Å². The quantitative estimate of drug-likeness (QED) is 0.849. The summed E-state index contributed by atoms with van der Waals surface area (Å²) in [4.78, 5) is 17.1. The molecule has 2 heterocycles. The summed E-state index contributed by atoms with van der Waals surface area (Å²) in [6.07, 6.45) is 4.55. The van der Waals surface area contributed by atoms with Gasteiger partial charge in [0.25, 0.3) is 0 Å². The van der Waals surface area contributed by atoms with Crippen molar-refractivity contribution in [2.24, 2.45) is 5.41 Å². The largest absolute Gasteiger partial charge is 0.354 e. The number of benzene rings is 1. The van der Waals surface area contributed by atoms with Crippen molar-refractivity contribution in [3.63, 3.8) is 0 Å². The topological polar surface area (TPSA) is 35.6 Å². The Morgan fingerprint density at radius 2 is 2.00 bits per heavy atom. The summed E-state index contributed by atoms with van der Waals surface area (Å²) in [6.45, 7) is 12.9. The lowest BCUT2D eigenvalue weighted by Gasteiger charge is -2.40. The molecular weight excluding hydrogens is 322 g/mol. The molecule has 2 aliphatic rings. The molecule has 0 aliphatic carbocycles. The predicted octanol–water partition coefficient (Wildman–Crippen LogP) is 3.20. The van der Waals surface area contributed by atoms with E-state index in [1.165, 1.54) is 43.5 Å². The highest BCUT2D eigenvalue weighted by molar-refractivity contribution is 5.76. The number of nitrogens with zero attached hydrogens (tertiary/aromatic N) is 2. The van der Waals surface area contributed by atoms with Gasteiger partial charge in [0.2, 0.25) is 5.91 Å². The van der Waals surface area contributed by atoms with Gasteiger partial charge >= 0.3 is 0 Å². The summed E-state index contributed by atoms with van der Waals surface area (Å²) in [5, 5.41) is 3.00. The Labute approximate surface area is 158 Å². The van der Waals surface area contributed by atoms with Crippen molar-refractivity contribution in [1.29, 1.82) is 0 Å². The van der Waals surface area contributed by atoms with Gasteiger partial charge in [0.05, 0.1) is 0 Å². The van der Waals surface area contributed by atoms with Crippen LogP contribution in [0.3, 0.4) is 0 Å². The number of piperidine rings is 1. The van der Waals surface area contributed by atoms with Crippen molar-refractivity contribution >= 4 is 5.91 Å². The van der Waals surface area contributed by atoms with E-state index in [4.69, 9.17) is 0 Å². The second-order valence-corrected chi connectivity index (χ2v) is 8.80. The minimum Gasteiger partial charge on any atom is -0.354 e. The molecular formula is C22H35N3O. The van der Waals surface area contributed by atoms with Crippen LogP contribution in [0.2, 0.25) is 0 Å². The first kappa shape index (κ1) is 19.4. The van der Waals surface area contributed by atoms with Crippen molar-refractivity contribution in [2.75, 3.05) is 32.7 Å². The van der Waals surface area contributed by atoms with Gasteiger partial charge in [-0.15, -0.1) is 0 Å². The highest BCUT2D eigenvalue weighted by Crippen LogP contribution is 2.39. The van der Waals surface area contributed by atoms with E-state index in [0.29, 0.717) is 11.8 Å². The Kier molecular flexibility index (Phi) is 6.36. The zero-order valence-electron chi connectivity index (χ0n) is 16.8. The lowest BCUT2D eigenvalue weighted by Crippen LogP contribution is -2.44. The number of likely N-dealkylation sites (tertiary alicyclic amines) is 2. The van der Waals surface area contributed by atoms with E-state index in [1.807, 2.05) is 13.8 Å². The zero-order chi connectivity index (χ0) is 18.6. The first-order chi connectivity index (χ1) is 12.4. The van der Waals surface area contributed by atoms with Crippen molar-refractivity contribution in [2.45, 2.75) is 59.0 Å². The van der Waals surface area contributed by atoms with E-state index in [9.17, 15) is 4.79 Å². The number of aryl methyl sites for hydroxylation is 1. The molecule has 0 saturated carbocycles. The van der Waals surface area contributed by atoms with Gasteiger partial charge in [-0.05, 0) is 64.1 Å². The van der Waals surface area contributed by atoms with E-state index in [0.717, 1.165) is 26.2 Å². The molecule has 144 valence electrons. The smallest absolute Gasteiger partial charge is 0.221 e. The monoisotopic (exact) mass is 357 g/mol. The molecule has 1 aromatic rings. The normalized spacial score (nSPS) is 24.5. The van der Waals surface area contributed by atoms with Gasteiger partial charge in [-0.25, -0.2) is 0 Å². The molecule has 0 unspecified atom stereocenters. The van der Waals surface area contributed by atoms with E-state index in [-0.39, 0.29) is 11.9 Å². The Balaban J connectivity index is 1.50. The minimum atomic E-state index is 0.186. The number of amides is 1. The van der Waals surface area contributed by atoms with Crippen LogP contribution in [0.25, 0.3) is 0 Å². The molecule has 0 aromatic heterocycles. The predicted molar refractivity (Wildman–Crippen MR) is 107 cm³/mol. The fraction of sp³-hybridized carbons (Fsp3) is 0.682. The molecule has 2 saturated heterocycles. The second-order valence-electron chi connectivity index (χ2n) is 8.80.